The van der Waals surface area contributed by atoms with Crippen molar-refractivity contribution in [2.24, 2.45) is 5.92 Å². The van der Waals surface area contributed by atoms with Gasteiger partial charge in [-0.05, 0) is 62.8 Å². The first-order valence-corrected chi connectivity index (χ1v) is 8.60. The quantitative estimate of drug-likeness (QED) is 0.864. The molecule has 0 saturated carbocycles. The second-order valence-electron chi connectivity index (χ2n) is 6.43. The summed E-state index contributed by atoms with van der Waals surface area (Å²) in [6.45, 7) is 6.16. The minimum absolute atomic E-state index is 0.125. The summed E-state index contributed by atoms with van der Waals surface area (Å²) in [5, 5.41) is 5.76. The van der Waals surface area contributed by atoms with Crippen molar-refractivity contribution in [1.82, 2.24) is 0 Å². The molecule has 1 aromatic carbocycles. The Morgan fingerprint density at radius 2 is 2.23 bits per heavy atom. The smallest absolute Gasteiger partial charge is 0.412 e. The number of nitrogens with one attached hydrogen (secondary N) is 2. The highest BCUT2D eigenvalue weighted by molar-refractivity contribution is 7.99. The molecule has 1 amide bonds. The Balaban J connectivity index is 1.95. The van der Waals surface area contributed by atoms with E-state index in [1.165, 1.54) is 18.2 Å². The van der Waals surface area contributed by atoms with Crippen LogP contribution in [-0.2, 0) is 4.74 Å². The summed E-state index contributed by atoms with van der Waals surface area (Å²) in [5.74, 6) is 2.54. The number of amides is 1. The summed E-state index contributed by atoms with van der Waals surface area (Å²) < 4.78 is 18.9. The lowest BCUT2D eigenvalue weighted by Crippen LogP contribution is -2.27. The minimum Gasteiger partial charge on any atom is -0.444 e. The minimum atomic E-state index is -0.657. The van der Waals surface area contributed by atoms with Gasteiger partial charge < -0.3 is 10.1 Å². The average Bonchev–Trinajstić information content (AvgIpc) is 2.90. The molecule has 4 nitrogen and oxygen atoms in total. The number of halogens is 1. The maximum atomic E-state index is 13.8. The van der Waals surface area contributed by atoms with E-state index in [0.29, 0.717) is 5.92 Å². The van der Waals surface area contributed by atoms with Crippen molar-refractivity contribution < 1.29 is 13.9 Å². The summed E-state index contributed by atoms with van der Waals surface area (Å²) >= 11 is 1.96. The third-order valence-electron chi connectivity index (χ3n) is 3.22. The van der Waals surface area contributed by atoms with Gasteiger partial charge in [-0.25, -0.2) is 9.18 Å². The van der Waals surface area contributed by atoms with E-state index < -0.39 is 17.5 Å². The molecule has 1 unspecified atom stereocenters. The van der Waals surface area contributed by atoms with Gasteiger partial charge in [0.25, 0.3) is 0 Å². The predicted octanol–water partition coefficient (Wildman–Crippen LogP) is 4.34. The molecular weight excluding hydrogens is 303 g/mol. The maximum Gasteiger partial charge on any atom is 0.412 e. The Bertz CT molecular complexity index is 525. The van der Waals surface area contributed by atoms with Gasteiger partial charge in [0.2, 0.25) is 0 Å². The molecule has 0 spiro atoms. The van der Waals surface area contributed by atoms with Crippen LogP contribution < -0.4 is 10.6 Å². The van der Waals surface area contributed by atoms with Crippen molar-refractivity contribution in [1.29, 1.82) is 0 Å². The van der Waals surface area contributed by atoms with Crippen LogP contribution in [0.4, 0.5) is 20.6 Å². The highest BCUT2D eigenvalue weighted by atomic mass is 32.2. The van der Waals surface area contributed by atoms with Crippen molar-refractivity contribution >= 4 is 29.2 Å². The van der Waals surface area contributed by atoms with E-state index in [-0.39, 0.29) is 5.69 Å². The molecule has 2 N–H and O–H groups in total. The average molecular weight is 326 g/mol. The molecule has 0 radical (unpaired) electrons. The van der Waals surface area contributed by atoms with E-state index >= 15 is 0 Å². The summed E-state index contributed by atoms with van der Waals surface area (Å²) in [7, 11) is 0. The zero-order chi connectivity index (χ0) is 16.2. The lowest BCUT2D eigenvalue weighted by atomic mass is 10.1. The Hall–Kier alpha value is -1.43. The van der Waals surface area contributed by atoms with Crippen molar-refractivity contribution in [3.63, 3.8) is 0 Å². The largest absolute Gasteiger partial charge is 0.444 e. The van der Waals surface area contributed by atoms with Crippen molar-refractivity contribution in [3.8, 4) is 0 Å². The van der Waals surface area contributed by atoms with E-state index in [0.717, 1.165) is 18.0 Å². The summed E-state index contributed by atoms with van der Waals surface area (Å²) in [5.41, 5.74) is 0.306. The fourth-order valence-electron chi connectivity index (χ4n) is 2.15. The highest BCUT2D eigenvalue weighted by Gasteiger charge is 2.18. The van der Waals surface area contributed by atoms with E-state index in [1.54, 1.807) is 32.9 Å². The van der Waals surface area contributed by atoms with Crippen LogP contribution in [0.3, 0.4) is 0 Å². The molecule has 22 heavy (non-hydrogen) atoms. The Kier molecular flexibility index (Phi) is 5.56. The molecule has 1 aliphatic rings. The molecule has 1 heterocycles. The SMILES string of the molecule is CC(C)(C)OC(=O)Nc1cc(NCC2CCSC2)ccc1F. The van der Waals surface area contributed by atoms with Gasteiger partial charge in [-0.15, -0.1) is 0 Å². The zero-order valence-electron chi connectivity index (χ0n) is 13.2. The molecule has 122 valence electrons. The van der Waals surface area contributed by atoms with Gasteiger partial charge >= 0.3 is 6.09 Å². The number of ether oxygens (including phenoxy) is 1. The van der Waals surface area contributed by atoms with Crippen LogP contribution >= 0.6 is 11.8 Å². The number of benzene rings is 1. The van der Waals surface area contributed by atoms with Gasteiger partial charge in [0, 0.05) is 12.2 Å². The monoisotopic (exact) mass is 326 g/mol. The van der Waals surface area contributed by atoms with E-state index in [1.807, 2.05) is 11.8 Å². The molecule has 1 atom stereocenters. The predicted molar refractivity (Wildman–Crippen MR) is 90.2 cm³/mol. The number of rotatable bonds is 4. The van der Waals surface area contributed by atoms with E-state index in [4.69, 9.17) is 4.74 Å². The second-order valence-corrected chi connectivity index (χ2v) is 7.58. The van der Waals surface area contributed by atoms with Crippen LogP contribution in [0, 0.1) is 11.7 Å². The van der Waals surface area contributed by atoms with Crippen LogP contribution in [0.1, 0.15) is 27.2 Å². The Morgan fingerprint density at radius 1 is 1.45 bits per heavy atom. The lowest BCUT2D eigenvalue weighted by Gasteiger charge is -2.20. The number of hydrogen-bond donors (Lipinski definition) is 2. The molecule has 6 heteroatoms. The van der Waals surface area contributed by atoms with Crippen LogP contribution in [0.15, 0.2) is 18.2 Å². The summed E-state index contributed by atoms with van der Waals surface area (Å²) in [6, 6.07) is 4.62. The first-order valence-electron chi connectivity index (χ1n) is 7.45. The van der Waals surface area contributed by atoms with Gasteiger partial charge in [-0.3, -0.25) is 5.32 Å². The molecular formula is C16H23FN2O2S. The highest BCUT2D eigenvalue weighted by Crippen LogP contribution is 2.25. The van der Waals surface area contributed by atoms with Gasteiger partial charge in [-0.1, -0.05) is 0 Å². The maximum absolute atomic E-state index is 13.8. The zero-order valence-corrected chi connectivity index (χ0v) is 14.1. The van der Waals surface area contributed by atoms with Crippen molar-refractivity contribution in [3.05, 3.63) is 24.0 Å². The number of carbonyl (C=O) groups excluding carboxylic acids is 1. The molecule has 2 rings (SSSR count). The fourth-order valence-corrected chi connectivity index (χ4v) is 3.44. The molecule has 1 aliphatic heterocycles. The van der Waals surface area contributed by atoms with E-state index in [9.17, 15) is 9.18 Å². The Labute approximate surface area is 135 Å². The number of anilines is 2. The van der Waals surface area contributed by atoms with Gasteiger partial charge in [-0.2, -0.15) is 11.8 Å². The fraction of sp³-hybridized carbons (Fsp3) is 0.562. The molecule has 1 aromatic rings. The molecule has 0 aromatic heterocycles. The van der Waals surface area contributed by atoms with Crippen molar-refractivity contribution in [2.75, 3.05) is 28.7 Å². The molecule has 1 saturated heterocycles. The number of hydrogen-bond acceptors (Lipinski definition) is 4. The number of carbonyl (C=O) groups is 1. The third-order valence-corrected chi connectivity index (χ3v) is 4.45. The summed E-state index contributed by atoms with van der Waals surface area (Å²) in [6.07, 6.45) is 0.553. The molecule has 1 fully saturated rings. The lowest BCUT2D eigenvalue weighted by molar-refractivity contribution is 0.0635. The van der Waals surface area contributed by atoms with E-state index in [2.05, 4.69) is 10.6 Å². The molecule has 0 bridgehead atoms. The first kappa shape index (κ1) is 16.9. The van der Waals surface area contributed by atoms with Gasteiger partial charge in [0.15, 0.2) is 0 Å². The van der Waals surface area contributed by atoms with Gasteiger partial charge in [0.1, 0.15) is 11.4 Å². The van der Waals surface area contributed by atoms with Gasteiger partial charge in [0.05, 0.1) is 5.69 Å². The second kappa shape index (κ2) is 7.22. The first-order chi connectivity index (χ1) is 10.3. The normalized spacial score (nSPS) is 18.1. The standard InChI is InChI=1S/C16H23FN2O2S/c1-16(2,3)21-15(20)19-14-8-12(4-5-13(14)17)18-9-11-6-7-22-10-11/h4-5,8,11,18H,6-7,9-10H2,1-3H3,(H,19,20). The van der Waals surface area contributed by atoms with Crippen molar-refractivity contribution in [2.45, 2.75) is 32.8 Å². The van der Waals surface area contributed by atoms with Crippen LogP contribution in [-0.4, -0.2) is 29.7 Å². The third kappa shape index (κ3) is 5.40. The topological polar surface area (TPSA) is 50.4 Å². The van der Waals surface area contributed by atoms with Crippen LogP contribution in [0.5, 0.6) is 0 Å². The Morgan fingerprint density at radius 3 is 2.86 bits per heavy atom. The molecule has 0 aliphatic carbocycles. The summed E-state index contributed by atoms with van der Waals surface area (Å²) in [4.78, 5) is 11.7. The van der Waals surface area contributed by atoms with Crippen LogP contribution in [0.25, 0.3) is 0 Å². The number of thioether (sulfide) groups is 1. The van der Waals surface area contributed by atoms with Crippen LogP contribution in [0.2, 0.25) is 0 Å².